The molecule has 0 aliphatic carbocycles. The molecule has 2 fully saturated rings. The van der Waals surface area contributed by atoms with E-state index in [1.807, 2.05) is 6.92 Å². The SMILES string of the molecule is CCNC(=NCCCOCC1CCOCC1)NC1CCN(S(=O)(=O)CC)CC1.I. The summed E-state index contributed by atoms with van der Waals surface area (Å²) in [5.41, 5.74) is 0. The van der Waals surface area contributed by atoms with Crippen LogP contribution in [0, 0.1) is 5.92 Å². The Kier molecular flexibility index (Phi) is 13.7. The highest BCUT2D eigenvalue weighted by molar-refractivity contribution is 14.0. The van der Waals surface area contributed by atoms with Gasteiger partial charge in [0.05, 0.1) is 5.75 Å². The molecule has 0 atom stereocenters. The second-order valence-corrected chi connectivity index (χ2v) is 9.72. The van der Waals surface area contributed by atoms with Crippen LogP contribution in [0.15, 0.2) is 4.99 Å². The summed E-state index contributed by atoms with van der Waals surface area (Å²) in [6, 6.07) is 0.255. The molecule has 2 rings (SSSR count). The molecule has 0 bridgehead atoms. The molecule has 2 N–H and O–H groups in total. The molecule has 2 aliphatic heterocycles. The molecule has 0 radical (unpaired) electrons. The zero-order valence-corrected chi connectivity index (χ0v) is 21.0. The first-order valence-electron chi connectivity index (χ1n) is 10.7. The number of guanidine groups is 1. The van der Waals surface area contributed by atoms with E-state index in [4.69, 9.17) is 9.47 Å². The van der Waals surface area contributed by atoms with Gasteiger partial charge in [0.25, 0.3) is 0 Å². The van der Waals surface area contributed by atoms with Gasteiger partial charge in [0.15, 0.2) is 5.96 Å². The molecule has 2 saturated heterocycles. The summed E-state index contributed by atoms with van der Waals surface area (Å²) in [6.07, 6.45) is 4.71. The maximum Gasteiger partial charge on any atom is 0.213 e. The van der Waals surface area contributed by atoms with E-state index in [1.165, 1.54) is 0 Å². The van der Waals surface area contributed by atoms with Crippen LogP contribution in [0.2, 0.25) is 0 Å². The van der Waals surface area contributed by atoms with Gasteiger partial charge in [0.2, 0.25) is 10.0 Å². The number of aliphatic imine (C=N–C) groups is 1. The lowest BCUT2D eigenvalue weighted by Crippen LogP contribution is -2.50. The maximum atomic E-state index is 12.0. The van der Waals surface area contributed by atoms with Gasteiger partial charge < -0.3 is 20.1 Å². The van der Waals surface area contributed by atoms with E-state index in [0.717, 1.165) is 71.0 Å². The van der Waals surface area contributed by atoms with Gasteiger partial charge in [-0.2, -0.15) is 0 Å². The van der Waals surface area contributed by atoms with Crippen LogP contribution in [0.1, 0.15) is 46.0 Å². The topological polar surface area (TPSA) is 92.3 Å². The highest BCUT2D eigenvalue weighted by Gasteiger charge is 2.26. The van der Waals surface area contributed by atoms with Crippen LogP contribution in [0.5, 0.6) is 0 Å². The zero-order valence-electron chi connectivity index (χ0n) is 17.9. The van der Waals surface area contributed by atoms with Crippen LogP contribution in [-0.2, 0) is 19.5 Å². The Morgan fingerprint density at radius 2 is 1.86 bits per heavy atom. The normalized spacial score (nSPS) is 20.3. The smallest absolute Gasteiger partial charge is 0.213 e. The second-order valence-electron chi connectivity index (χ2n) is 7.46. The molecular weight excluding hydrogens is 507 g/mol. The van der Waals surface area contributed by atoms with Gasteiger partial charge in [-0.15, -0.1) is 24.0 Å². The van der Waals surface area contributed by atoms with E-state index >= 15 is 0 Å². The summed E-state index contributed by atoms with van der Waals surface area (Å²) < 4.78 is 36.7. The fourth-order valence-electron chi connectivity index (χ4n) is 3.49. The molecular formula is C19H39IN4O4S. The molecule has 172 valence electrons. The van der Waals surface area contributed by atoms with Crippen molar-refractivity contribution in [2.24, 2.45) is 10.9 Å². The van der Waals surface area contributed by atoms with Crippen molar-refractivity contribution >= 4 is 40.0 Å². The molecule has 0 spiro atoms. The molecule has 0 unspecified atom stereocenters. The first-order valence-corrected chi connectivity index (χ1v) is 12.3. The van der Waals surface area contributed by atoms with Crippen molar-refractivity contribution in [1.82, 2.24) is 14.9 Å². The largest absolute Gasteiger partial charge is 0.381 e. The molecule has 2 heterocycles. The van der Waals surface area contributed by atoms with Crippen molar-refractivity contribution in [2.75, 3.05) is 58.4 Å². The minimum atomic E-state index is -3.08. The Labute approximate surface area is 193 Å². The van der Waals surface area contributed by atoms with Gasteiger partial charge in [0, 0.05) is 58.6 Å². The van der Waals surface area contributed by atoms with E-state index in [0.29, 0.717) is 25.6 Å². The third kappa shape index (κ3) is 10.1. The van der Waals surface area contributed by atoms with Crippen molar-refractivity contribution in [2.45, 2.75) is 52.0 Å². The lowest BCUT2D eigenvalue weighted by atomic mass is 10.0. The third-order valence-corrected chi connectivity index (χ3v) is 7.19. The van der Waals surface area contributed by atoms with Crippen LogP contribution in [0.4, 0.5) is 0 Å². The van der Waals surface area contributed by atoms with Crippen LogP contribution in [0.25, 0.3) is 0 Å². The van der Waals surface area contributed by atoms with Gasteiger partial charge in [-0.1, -0.05) is 0 Å². The van der Waals surface area contributed by atoms with Crippen LogP contribution < -0.4 is 10.6 Å². The van der Waals surface area contributed by atoms with Gasteiger partial charge in [-0.25, -0.2) is 12.7 Å². The van der Waals surface area contributed by atoms with Gasteiger partial charge >= 0.3 is 0 Å². The first kappa shape index (κ1) is 26.9. The monoisotopic (exact) mass is 546 g/mol. The summed E-state index contributed by atoms with van der Waals surface area (Å²) in [5, 5.41) is 6.73. The van der Waals surface area contributed by atoms with Crippen molar-refractivity contribution in [3.05, 3.63) is 0 Å². The number of nitrogens with one attached hydrogen (secondary N) is 2. The second kappa shape index (κ2) is 14.8. The third-order valence-electron chi connectivity index (χ3n) is 5.31. The fourth-order valence-corrected chi connectivity index (χ4v) is 4.63. The fraction of sp³-hybridized carbons (Fsp3) is 0.947. The maximum absolute atomic E-state index is 12.0. The average Bonchev–Trinajstić information content (AvgIpc) is 2.72. The molecule has 0 aromatic heterocycles. The average molecular weight is 547 g/mol. The Morgan fingerprint density at radius 1 is 1.17 bits per heavy atom. The number of hydrogen-bond acceptors (Lipinski definition) is 5. The molecule has 10 heteroatoms. The summed E-state index contributed by atoms with van der Waals surface area (Å²) >= 11 is 0. The Morgan fingerprint density at radius 3 is 2.48 bits per heavy atom. The van der Waals surface area contributed by atoms with Gasteiger partial charge in [-0.3, -0.25) is 4.99 Å². The lowest BCUT2D eigenvalue weighted by molar-refractivity contribution is 0.0205. The number of halogens is 1. The summed E-state index contributed by atoms with van der Waals surface area (Å²) in [6.45, 7) is 9.69. The van der Waals surface area contributed by atoms with E-state index in [-0.39, 0.29) is 35.8 Å². The molecule has 0 saturated carbocycles. The van der Waals surface area contributed by atoms with Crippen molar-refractivity contribution < 1.29 is 17.9 Å². The number of hydrogen-bond donors (Lipinski definition) is 2. The zero-order chi connectivity index (χ0) is 20.2. The lowest BCUT2D eigenvalue weighted by Gasteiger charge is -2.32. The van der Waals surface area contributed by atoms with Crippen LogP contribution >= 0.6 is 24.0 Å². The Hall–Kier alpha value is -0.170. The molecule has 0 aromatic rings. The quantitative estimate of drug-likeness (QED) is 0.188. The van der Waals surface area contributed by atoms with Gasteiger partial charge in [0.1, 0.15) is 0 Å². The molecule has 0 amide bonds. The molecule has 0 aromatic carbocycles. The number of nitrogens with zero attached hydrogens (tertiary/aromatic N) is 2. The Balaban J connectivity index is 0.00000420. The summed E-state index contributed by atoms with van der Waals surface area (Å²) in [7, 11) is -3.08. The van der Waals surface area contributed by atoms with Crippen molar-refractivity contribution in [3.8, 4) is 0 Å². The molecule has 29 heavy (non-hydrogen) atoms. The van der Waals surface area contributed by atoms with Crippen molar-refractivity contribution in [3.63, 3.8) is 0 Å². The summed E-state index contributed by atoms with van der Waals surface area (Å²) in [5.74, 6) is 1.62. The van der Waals surface area contributed by atoms with E-state index in [2.05, 4.69) is 15.6 Å². The number of piperidine rings is 1. The minimum absolute atomic E-state index is 0. The number of ether oxygens (including phenoxy) is 2. The molecule has 2 aliphatic rings. The van der Waals surface area contributed by atoms with E-state index in [1.54, 1.807) is 11.2 Å². The highest BCUT2D eigenvalue weighted by atomic mass is 127. The summed E-state index contributed by atoms with van der Waals surface area (Å²) in [4.78, 5) is 4.64. The number of rotatable bonds is 10. The standard InChI is InChI=1S/C19H38N4O4S.HI/c1-3-20-19(21-10-5-13-27-16-17-8-14-26-15-9-17)22-18-6-11-23(12-7-18)28(24,25)4-2;/h17-18H,3-16H2,1-2H3,(H2,20,21,22);1H. The van der Waals surface area contributed by atoms with Crippen LogP contribution in [0.3, 0.4) is 0 Å². The Bertz CT molecular complexity index is 563. The van der Waals surface area contributed by atoms with Crippen molar-refractivity contribution in [1.29, 1.82) is 0 Å². The highest BCUT2D eigenvalue weighted by Crippen LogP contribution is 2.15. The van der Waals surface area contributed by atoms with Gasteiger partial charge in [-0.05, 0) is 51.9 Å². The predicted octanol–water partition coefficient (Wildman–Crippen LogP) is 1.81. The number of sulfonamides is 1. The van der Waals surface area contributed by atoms with E-state index in [9.17, 15) is 8.42 Å². The van der Waals surface area contributed by atoms with Crippen LogP contribution in [-0.4, -0.2) is 83.1 Å². The molecule has 8 nitrogen and oxygen atoms in total. The first-order chi connectivity index (χ1) is 13.5. The predicted molar refractivity (Wildman–Crippen MR) is 128 cm³/mol. The van der Waals surface area contributed by atoms with E-state index < -0.39 is 10.0 Å². The minimum Gasteiger partial charge on any atom is -0.381 e.